The van der Waals surface area contributed by atoms with Crippen LogP contribution in [0.4, 0.5) is 4.79 Å². The van der Waals surface area contributed by atoms with Crippen LogP contribution in [0.25, 0.3) is 11.1 Å². The Bertz CT molecular complexity index is 1200. The van der Waals surface area contributed by atoms with Gasteiger partial charge in [0.2, 0.25) is 0 Å². The lowest BCUT2D eigenvalue weighted by atomic mass is 9.89. The predicted molar refractivity (Wildman–Crippen MR) is 116 cm³/mol. The molecule has 0 bridgehead atoms. The van der Waals surface area contributed by atoms with Gasteiger partial charge in [0.1, 0.15) is 17.8 Å². The first-order valence-corrected chi connectivity index (χ1v) is 10.7. The largest absolute Gasteiger partial charge is 0.477 e. The number of carboxylic acids is 1. The van der Waals surface area contributed by atoms with Gasteiger partial charge in [0.15, 0.2) is 0 Å². The molecule has 1 aromatic heterocycles. The molecule has 3 heterocycles. The molecule has 2 aliphatic heterocycles. The maximum atomic E-state index is 13.3. The fraction of sp³-hybridized carbons (Fsp3) is 0.280. The highest BCUT2D eigenvalue weighted by Crippen LogP contribution is 2.45. The smallest absolute Gasteiger partial charge is 0.410 e. The third-order valence-electron chi connectivity index (χ3n) is 6.98. The second-order valence-corrected chi connectivity index (χ2v) is 8.54. The van der Waals surface area contributed by atoms with Gasteiger partial charge in [0.25, 0.3) is 0 Å². The number of aromatic nitrogens is 1. The quantitative estimate of drug-likeness (QED) is 0.686. The fourth-order valence-corrected chi connectivity index (χ4v) is 5.39. The third-order valence-corrected chi connectivity index (χ3v) is 6.98. The Morgan fingerprint density at radius 2 is 1.62 bits per heavy atom. The highest BCUT2D eigenvalue weighted by Gasteiger charge is 2.53. The minimum absolute atomic E-state index is 0.00722. The van der Waals surface area contributed by atoms with Crippen molar-refractivity contribution in [2.24, 2.45) is 0 Å². The van der Waals surface area contributed by atoms with Crippen LogP contribution in [0.5, 0.6) is 0 Å². The zero-order valence-electron chi connectivity index (χ0n) is 17.4. The highest BCUT2D eigenvalue weighted by atomic mass is 16.6. The van der Waals surface area contributed by atoms with Crippen molar-refractivity contribution in [3.63, 3.8) is 0 Å². The van der Waals surface area contributed by atoms with Crippen LogP contribution >= 0.6 is 0 Å². The Morgan fingerprint density at radius 1 is 0.969 bits per heavy atom. The van der Waals surface area contributed by atoms with E-state index in [9.17, 15) is 14.7 Å². The second kappa shape index (κ2) is 6.97. The molecule has 162 valence electrons. The van der Waals surface area contributed by atoms with Crippen molar-refractivity contribution >= 4 is 12.1 Å². The Morgan fingerprint density at radius 3 is 2.22 bits per heavy atom. The molecule has 32 heavy (non-hydrogen) atoms. The number of fused-ring (bicyclic) bond motifs is 5. The molecule has 3 aromatic rings. The minimum atomic E-state index is -0.971. The summed E-state index contributed by atoms with van der Waals surface area (Å²) < 4.78 is 13.1. The number of aromatic carboxylic acids is 1. The first-order chi connectivity index (χ1) is 15.6. The molecule has 2 aromatic carbocycles. The summed E-state index contributed by atoms with van der Waals surface area (Å²) in [6.07, 6.45) is -0.389. The van der Waals surface area contributed by atoms with Crippen molar-refractivity contribution in [1.29, 1.82) is 0 Å². The van der Waals surface area contributed by atoms with Crippen LogP contribution in [0.3, 0.4) is 0 Å². The standard InChI is InChI=1S/C25H22N2O5/c28-23(29)21-9-10-22-25(14-31-15-25)27(12-11-26(21)22)24(30)32-13-20-18-7-3-1-5-16(18)17-6-2-4-8-19(17)20/h1-10,20H,11-15H2,(H,28,29). The lowest BCUT2D eigenvalue weighted by Crippen LogP contribution is -2.65. The monoisotopic (exact) mass is 430 g/mol. The fourth-order valence-electron chi connectivity index (χ4n) is 5.39. The number of ether oxygens (including phenoxy) is 2. The van der Waals surface area contributed by atoms with E-state index in [0.717, 1.165) is 5.69 Å². The lowest BCUT2D eigenvalue weighted by molar-refractivity contribution is -0.148. The molecule has 7 nitrogen and oxygen atoms in total. The van der Waals surface area contributed by atoms with Crippen molar-refractivity contribution in [3.05, 3.63) is 83.2 Å². The zero-order valence-corrected chi connectivity index (χ0v) is 17.4. The molecule has 1 spiro atoms. The molecule has 0 saturated carbocycles. The van der Waals surface area contributed by atoms with Crippen LogP contribution in [0.2, 0.25) is 0 Å². The maximum absolute atomic E-state index is 13.3. The van der Waals surface area contributed by atoms with Crippen LogP contribution in [0.1, 0.15) is 33.2 Å². The van der Waals surface area contributed by atoms with Gasteiger partial charge in [-0.1, -0.05) is 48.5 Å². The summed E-state index contributed by atoms with van der Waals surface area (Å²) in [5, 5.41) is 9.47. The molecule has 0 unspecified atom stereocenters. The van der Waals surface area contributed by atoms with Crippen LogP contribution in [-0.4, -0.2) is 53.0 Å². The van der Waals surface area contributed by atoms with Crippen molar-refractivity contribution in [1.82, 2.24) is 9.47 Å². The zero-order chi connectivity index (χ0) is 21.9. The summed E-state index contributed by atoms with van der Waals surface area (Å²) >= 11 is 0. The van der Waals surface area contributed by atoms with Gasteiger partial charge in [-0.3, -0.25) is 4.90 Å². The van der Waals surface area contributed by atoms with Crippen molar-refractivity contribution in [3.8, 4) is 11.1 Å². The van der Waals surface area contributed by atoms with Gasteiger partial charge in [-0.2, -0.15) is 0 Å². The van der Waals surface area contributed by atoms with Crippen LogP contribution in [0.15, 0.2) is 60.7 Å². The van der Waals surface area contributed by atoms with Gasteiger partial charge in [-0.25, -0.2) is 9.59 Å². The first kappa shape index (κ1) is 19.1. The minimum Gasteiger partial charge on any atom is -0.477 e. The van der Waals surface area contributed by atoms with Gasteiger partial charge in [0, 0.05) is 24.7 Å². The number of hydrogen-bond acceptors (Lipinski definition) is 4. The number of carboxylic acid groups (broad SMARTS) is 1. The third kappa shape index (κ3) is 2.58. The Balaban J connectivity index is 1.26. The molecule has 3 aliphatic rings. The predicted octanol–water partition coefficient (Wildman–Crippen LogP) is 3.68. The van der Waals surface area contributed by atoms with Crippen LogP contribution in [-0.2, 0) is 21.6 Å². The molecule has 6 rings (SSSR count). The van der Waals surface area contributed by atoms with E-state index in [0.29, 0.717) is 26.3 Å². The maximum Gasteiger partial charge on any atom is 0.410 e. The van der Waals surface area contributed by atoms with E-state index in [1.165, 1.54) is 22.3 Å². The average Bonchev–Trinajstić information content (AvgIpc) is 3.35. The number of rotatable bonds is 3. The summed E-state index contributed by atoms with van der Waals surface area (Å²) in [5.74, 6) is -0.978. The lowest BCUT2D eigenvalue weighted by Gasteiger charge is -2.51. The summed E-state index contributed by atoms with van der Waals surface area (Å²) in [5.41, 5.74) is 5.06. The number of carbonyl (C=O) groups is 2. The van der Waals surface area contributed by atoms with E-state index >= 15 is 0 Å². The van der Waals surface area contributed by atoms with E-state index < -0.39 is 11.5 Å². The van der Waals surface area contributed by atoms with E-state index in [1.807, 2.05) is 24.3 Å². The number of nitrogens with zero attached hydrogens (tertiary/aromatic N) is 2. The van der Waals surface area contributed by atoms with Crippen molar-refractivity contribution in [2.75, 3.05) is 26.4 Å². The normalized spacial score (nSPS) is 17.9. The first-order valence-electron chi connectivity index (χ1n) is 10.7. The van der Waals surface area contributed by atoms with E-state index in [-0.39, 0.29) is 24.3 Å². The van der Waals surface area contributed by atoms with E-state index in [4.69, 9.17) is 9.47 Å². The highest BCUT2D eigenvalue weighted by molar-refractivity contribution is 5.86. The van der Waals surface area contributed by atoms with Gasteiger partial charge in [0.05, 0.1) is 13.2 Å². The summed E-state index contributed by atoms with van der Waals surface area (Å²) in [6.45, 7) is 1.71. The Labute approximate surface area is 184 Å². The van der Waals surface area contributed by atoms with Gasteiger partial charge in [-0.05, 0) is 34.4 Å². The number of hydrogen-bond donors (Lipinski definition) is 1. The molecule has 0 atom stereocenters. The molecule has 1 N–H and O–H groups in total. The molecule has 7 heteroatoms. The SMILES string of the molecule is O=C(O)c1ccc2n1CCN(C(=O)OCC1c3ccccc3-c3ccccc31)C21COC1. The second-order valence-electron chi connectivity index (χ2n) is 8.54. The molecule has 1 saturated heterocycles. The molecular weight excluding hydrogens is 408 g/mol. The van der Waals surface area contributed by atoms with E-state index in [1.54, 1.807) is 21.6 Å². The average molecular weight is 430 g/mol. The Kier molecular flexibility index (Phi) is 4.16. The topological polar surface area (TPSA) is 81.0 Å². The number of benzene rings is 2. The van der Waals surface area contributed by atoms with Gasteiger partial charge >= 0.3 is 12.1 Å². The Hall–Kier alpha value is -3.58. The summed E-state index contributed by atoms with van der Waals surface area (Å²) in [7, 11) is 0. The van der Waals surface area contributed by atoms with Crippen molar-refractivity contribution in [2.45, 2.75) is 18.0 Å². The van der Waals surface area contributed by atoms with Gasteiger partial charge in [-0.15, -0.1) is 0 Å². The van der Waals surface area contributed by atoms with Gasteiger partial charge < -0.3 is 19.1 Å². The number of amides is 1. The summed E-state index contributed by atoms with van der Waals surface area (Å²) in [6, 6.07) is 19.9. The molecule has 1 amide bonds. The summed E-state index contributed by atoms with van der Waals surface area (Å²) in [4.78, 5) is 26.5. The molecular formula is C25H22N2O5. The van der Waals surface area contributed by atoms with E-state index in [2.05, 4.69) is 24.3 Å². The molecule has 1 fully saturated rings. The van der Waals surface area contributed by atoms with Crippen molar-refractivity contribution < 1.29 is 24.2 Å². The molecule has 0 radical (unpaired) electrons. The number of carbonyl (C=O) groups excluding carboxylic acids is 1. The van der Waals surface area contributed by atoms with Crippen LogP contribution < -0.4 is 0 Å². The van der Waals surface area contributed by atoms with Crippen LogP contribution in [0, 0.1) is 0 Å². The molecule has 1 aliphatic carbocycles.